The van der Waals surface area contributed by atoms with E-state index in [1.54, 1.807) is 29.2 Å². The maximum absolute atomic E-state index is 12.7. The Morgan fingerprint density at radius 3 is 2.93 bits per heavy atom. The van der Waals surface area contributed by atoms with Gasteiger partial charge in [-0.15, -0.1) is 11.3 Å². The number of nitrogens with zero attached hydrogens (tertiary/aromatic N) is 3. The second-order valence-electron chi connectivity index (χ2n) is 6.23. The standard InChI is InChI=1S/C19H18N4O3S/c1-12-6-15-17(27-12)8-16-19(25)23(21-11-22(15)16)10-18(24)20-9-13-4-3-5-14(7-13)26-2/h3-8,11H,9-10H2,1-2H3,(H,20,24). The van der Waals surface area contributed by atoms with E-state index in [4.69, 9.17) is 4.74 Å². The molecule has 0 bridgehead atoms. The smallest absolute Gasteiger partial charge is 0.291 e. The van der Waals surface area contributed by atoms with Crippen molar-refractivity contribution in [3.05, 3.63) is 63.5 Å². The largest absolute Gasteiger partial charge is 0.497 e. The third-order valence-electron chi connectivity index (χ3n) is 4.33. The molecule has 1 amide bonds. The van der Waals surface area contributed by atoms with Gasteiger partial charge < -0.3 is 10.1 Å². The number of hydrogen-bond donors (Lipinski definition) is 1. The van der Waals surface area contributed by atoms with Crippen LogP contribution in [0.2, 0.25) is 0 Å². The van der Waals surface area contributed by atoms with Gasteiger partial charge in [-0.1, -0.05) is 12.1 Å². The molecule has 0 spiro atoms. The van der Waals surface area contributed by atoms with E-state index in [0.717, 1.165) is 21.5 Å². The maximum Gasteiger partial charge on any atom is 0.291 e. The average molecular weight is 382 g/mol. The van der Waals surface area contributed by atoms with Gasteiger partial charge in [-0.05, 0) is 36.8 Å². The summed E-state index contributed by atoms with van der Waals surface area (Å²) in [4.78, 5) is 26.1. The first-order valence-corrected chi connectivity index (χ1v) is 9.24. The Labute approximate surface area is 158 Å². The lowest BCUT2D eigenvalue weighted by Gasteiger charge is -2.08. The molecule has 3 heterocycles. The van der Waals surface area contributed by atoms with Gasteiger partial charge in [0.05, 0.1) is 17.3 Å². The Balaban J connectivity index is 1.51. The van der Waals surface area contributed by atoms with Gasteiger partial charge in [-0.3, -0.25) is 14.0 Å². The zero-order valence-electron chi connectivity index (χ0n) is 14.9. The highest BCUT2D eigenvalue weighted by Crippen LogP contribution is 2.26. The first-order chi connectivity index (χ1) is 13.0. The zero-order chi connectivity index (χ0) is 19.0. The van der Waals surface area contributed by atoms with E-state index in [1.165, 1.54) is 9.56 Å². The molecule has 0 unspecified atom stereocenters. The first kappa shape index (κ1) is 17.3. The molecule has 0 aliphatic carbocycles. The second-order valence-corrected chi connectivity index (χ2v) is 7.52. The maximum atomic E-state index is 12.7. The summed E-state index contributed by atoms with van der Waals surface area (Å²) < 4.78 is 9.16. The van der Waals surface area contributed by atoms with Crippen molar-refractivity contribution in [3.8, 4) is 5.75 Å². The zero-order valence-corrected chi connectivity index (χ0v) is 15.7. The van der Waals surface area contributed by atoms with Crippen LogP contribution in [0.1, 0.15) is 10.4 Å². The van der Waals surface area contributed by atoms with Crippen LogP contribution in [-0.2, 0) is 17.9 Å². The van der Waals surface area contributed by atoms with Crippen molar-refractivity contribution in [3.63, 3.8) is 0 Å². The summed E-state index contributed by atoms with van der Waals surface area (Å²) in [5.41, 5.74) is 2.12. The lowest BCUT2D eigenvalue weighted by atomic mass is 10.2. The van der Waals surface area contributed by atoms with E-state index in [0.29, 0.717) is 12.1 Å². The van der Waals surface area contributed by atoms with E-state index >= 15 is 0 Å². The second kappa shape index (κ2) is 6.88. The molecule has 27 heavy (non-hydrogen) atoms. The van der Waals surface area contributed by atoms with Gasteiger partial charge in [0, 0.05) is 11.4 Å². The number of carbonyl (C=O) groups excluding carboxylic acids is 1. The molecule has 8 heteroatoms. The number of amides is 1. The van der Waals surface area contributed by atoms with E-state index in [9.17, 15) is 9.59 Å². The minimum absolute atomic E-state index is 0.128. The van der Waals surface area contributed by atoms with Crippen LogP contribution in [0.4, 0.5) is 0 Å². The fourth-order valence-electron chi connectivity index (χ4n) is 3.01. The molecule has 0 saturated carbocycles. The third-order valence-corrected chi connectivity index (χ3v) is 5.31. The van der Waals surface area contributed by atoms with Crippen LogP contribution in [0.3, 0.4) is 0 Å². The van der Waals surface area contributed by atoms with Crippen molar-refractivity contribution in [2.75, 3.05) is 7.11 Å². The van der Waals surface area contributed by atoms with Crippen molar-refractivity contribution in [1.29, 1.82) is 0 Å². The van der Waals surface area contributed by atoms with E-state index in [2.05, 4.69) is 10.4 Å². The molecule has 1 aromatic carbocycles. The number of aryl methyl sites for hydroxylation is 1. The molecular formula is C19H18N4O3S. The summed E-state index contributed by atoms with van der Waals surface area (Å²) in [6, 6.07) is 11.3. The summed E-state index contributed by atoms with van der Waals surface area (Å²) in [7, 11) is 1.60. The number of carbonyl (C=O) groups is 1. The minimum atomic E-state index is -0.282. The highest BCUT2D eigenvalue weighted by Gasteiger charge is 2.13. The Kier molecular flexibility index (Phi) is 4.41. The monoisotopic (exact) mass is 382 g/mol. The topological polar surface area (TPSA) is 77.6 Å². The van der Waals surface area contributed by atoms with Crippen molar-refractivity contribution in [2.45, 2.75) is 20.0 Å². The summed E-state index contributed by atoms with van der Waals surface area (Å²) in [5.74, 6) is 0.453. The molecule has 0 saturated heterocycles. The molecule has 0 aliphatic rings. The summed E-state index contributed by atoms with van der Waals surface area (Å²) >= 11 is 1.63. The molecule has 0 fully saturated rings. The lowest BCUT2D eigenvalue weighted by molar-refractivity contribution is -0.122. The predicted molar refractivity (Wildman–Crippen MR) is 104 cm³/mol. The van der Waals surface area contributed by atoms with Crippen molar-refractivity contribution in [2.24, 2.45) is 0 Å². The van der Waals surface area contributed by atoms with Crippen LogP contribution in [-0.4, -0.2) is 27.2 Å². The number of hydrogen-bond acceptors (Lipinski definition) is 5. The van der Waals surface area contributed by atoms with Crippen molar-refractivity contribution < 1.29 is 9.53 Å². The molecule has 0 radical (unpaired) electrons. The quantitative estimate of drug-likeness (QED) is 0.575. The Morgan fingerprint density at radius 2 is 2.11 bits per heavy atom. The van der Waals surface area contributed by atoms with Gasteiger partial charge in [0.15, 0.2) is 0 Å². The molecule has 4 aromatic rings. The summed E-state index contributed by atoms with van der Waals surface area (Å²) in [6.45, 7) is 2.25. The number of thiophene rings is 1. The molecule has 0 atom stereocenters. The number of ether oxygens (including phenoxy) is 1. The molecule has 138 valence electrons. The van der Waals surface area contributed by atoms with Crippen molar-refractivity contribution in [1.82, 2.24) is 19.5 Å². The lowest BCUT2D eigenvalue weighted by Crippen LogP contribution is -2.33. The van der Waals surface area contributed by atoms with Gasteiger partial charge in [0.25, 0.3) is 5.56 Å². The minimum Gasteiger partial charge on any atom is -0.497 e. The number of benzene rings is 1. The molecule has 3 aromatic heterocycles. The Hall–Kier alpha value is -3.13. The third kappa shape index (κ3) is 3.31. The molecule has 0 aliphatic heterocycles. The van der Waals surface area contributed by atoms with Gasteiger partial charge in [-0.25, -0.2) is 4.68 Å². The van der Waals surface area contributed by atoms with Gasteiger partial charge in [0.2, 0.25) is 5.91 Å². The van der Waals surface area contributed by atoms with Crippen LogP contribution in [0.5, 0.6) is 5.75 Å². The first-order valence-electron chi connectivity index (χ1n) is 8.42. The highest BCUT2D eigenvalue weighted by atomic mass is 32.1. The van der Waals surface area contributed by atoms with Crippen LogP contribution < -0.4 is 15.6 Å². The average Bonchev–Trinajstić information content (AvgIpc) is 3.19. The van der Waals surface area contributed by atoms with Gasteiger partial charge in [-0.2, -0.15) is 5.10 Å². The number of fused-ring (bicyclic) bond motifs is 3. The normalized spacial score (nSPS) is 11.2. The number of nitrogens with one attached hydrogen (secondary N) is 1. The van der Waals surface area contributed by atoms with Crippen LogP contribution in [0.25, 0.3) is 15.7 Å². The van der Waals surface area contributed by atoms with E-state index < -0.39 is 0 Å². The summed E-state index contributed by atoms with van der Waals surface area (Å²) in [6.07, 6.45) is 1.58. The molecule has 4 rings (SSSR count). The number of rotatable bonds is 5. The fraction of sp³-hybridized carbons (Fsp3) is 0.211. The number of aromatic nitrogens is 3. The SMILES string of the molecule is COc1cccc(CNC(=O)Cn2ncn3c(cc4sc(C)cc43)c2=O)c1. The van der Waals surface area contributed by atoms with Gasteiger partial charge >= 0.3 is 0 Å². The molecule has 1 N–H and O–H groups in total. The predicted octanol–water partition coefficient (Wildman–Crippen LogP) is 2.34. The molecule has 7 nitrogen and oxygen atoms in total. The van der Waals surface area contributed by atoms with Gasteiger partial charge in [0.1, 0.15) is 24.1 Å². The number of methoxy groups -OCH3 is 1. The van der Waals surface area contributed by atoms with Crippen LogP contribution in [0.15, 0.2) is 47.5 Å². The van der Waals surface area contributed by atoms with Crippen LogP contribution in [0, 0.1) is 6.92 Å². The Bertz CT molecular complexity index is 1200. The summed E-state index contributed by atoms with van der Waals surface area (Å²) in [5, 5.41) is 6.96. The van der Waals surface area contributed by atoms with Crippen molar-refractivity contribution >= 4 is 33.0 Å². The Morgan fingerprint density at radius 1 is 1.26 bits per heavy atom. The van der Waals surface area contributed by atoms with Crippen LogP contribution >= 0.6 is 11.3 Å². The highest BCUT2D eigenvalue weighted by molar-refractivity contribution is 7.19. The van der Waals surface area contributed by atoms with E-state index in [1.807, 2.05) is 43.3 Å². The fourth-order valence-corrected chi connectivity index (χ4v) is 3.96. The molecular weight excluding hydrogens is 364 g/mol. The van der Waals surface area contributed by atoms with E-state index in [-0.39, 0.29) is 18.0 Å².